The zero-order valence-electron chi connectivity index (χ0n) is 9.59. The Kier molecular flexibility index (Phi) is 6.06. The fourth-order valence-electron chi connectivity index (χ4n) is 1.80. The quantitative estimate of drug-likeness (QED) is 0.752. The highest BCUT2D eigenvalue weighted by atomic mass is 127. The summed E-state index contributed by atoms with van der Waals surface area (Å²) in [4.78, 5) is 0. The maximum Gasteiger partial charge on any atom is 0.0352 e. The summed E-state index contributed by atoms with van der Waals surface area (Å²) < 4.78 is 1.30. The van der Waals surface area contributed by atoms with Gasteiger partial charge in [0, 0.05) is 15.3 Å². The van der Waals surface area contributed by atoms with Gasteiger partial charge in [0.15, 0.2) is 0 Å². The standard InChI is InChI=1S/C13H20IN/c1-3-6-12(7-4-2)15-13-9-5-8-11(14)10-13/h5,8-10,12,15H,3-4,6-7H2,1-2H3. The number of hydrogen-bond acceptors (Lipinski definition) is 1. The van der Waals surface area contributed by atoms with Crippen LogP contribution in [0.15, 0.2) is 24.3 Å². The molecule has 1 aromatic carbocycles. The molecule has 0 atom stereocenters. The van der Waals surface area contributed by atoms with Crippen LogP contribution in [0.4, 0.5) is 5.69 Å². The molecule has 0 aromatic heterocycles. The molecule has 0 aliphatic heterocycles. The second-order valence-electron chi connectivity index (χ2n) is 3.93. The highest BCUT2D eigenvalue weighted by Gasteiger charge is 2.05. The number of hydrogen-bond donors (Lipinski definition) is 1. The summed E-state index contributed by atoms with van der Waals surface area (Å²) in [6.07, 6.45) is 5.03. The zero-order valence-corrected chi connectivity index (χ0v) is 11.8. The highest BCUT2D eigenvalue weighted by Crippen LogP contribution is 2.16. The molecule has 0 amide bonds. The van der Waals surface area contributed by atoms with Gasteiger partial charge in [-0.05, 0) is 53.6 Å². The van der Waals surface area contributed by atoms with Crippen molar-refractivity contribution in [2.45, 2.75) is 45.6 Å². The Morgan fingerprint density at radius 3 is 2.40 bits per heavy atom. The van der Waals surface area contributed by atoms with Gasteiger partial charge in [-0.2, -0.15) is 0 Å². The third kappa shape index (κ3) is 4.87. The molecule has 1 N–H and O–H groups in total. The Balaban J connectivity index is 2.56. The van der Waals surface area contributed by atoms with E-state index in [0.29, 0.717) is 6.04 Å². The minimum absolute atomic E-state index is 0.637. The number of nitrogens with one attached hydrogen (secondary N) is 1. The van der Waals surface area contributed by atoms with Crippen molar-refractivity contribution in [3.05, 3.63) is 27.8 Å². The van der Waals surface area contributed by atoms with Gasteiger partial charge in [0.05, 0.1) is 0 Å². The summed E-state index contributed by atoms with van der Waals surface area (Å²) in [5, 5.41) is 3.62. The molecule has 15 heavy (non-hydrogen) atoms. The number of halogens is 1. The van der Waals surface area contributed by atoms with Gasteiger partial charge >= 0.3 is 0 Å². The largest absolute Gasteiger partial charge is 0.382 e. The van der Waals surface area contributed by atoms with E-state index in [4.69, 9.17) is 0 Å². The molecule has 0 bridgehead atoms. The van der Waals surface area contributed by atoms with Crippen LogP contribution in [0.5, 0.6) is 0 Å². The van der Waals surface area contributed by atoms with Crippen LogP contribution in [0.3, 0.4) is 0 Å². The van der Waals surface area contributed by atoms with Crippen LogP contribution in [0.1, 0.15) is 39.5 Å². The average molecular weight is 317 g/mol. The molecular formula is C13H20IN. The van der Waals surface area contributed by atoms with Crippen molar-refractivity contribution in [3.8, 4) is 0 Å². The molecule has 0 saturated carbocycles. The summed E-state index contributed by atoms with van der Waals surface area (Å²) in [7, 11) is 0. The lowest BCUT2D eigenvalue weighted by molar-refractivity contribution is 0.586. The number of benzene rings is 1. The molecule has 1 rings (SSSR count). The summed E-state index contributed by atoms with van der Waals surface area (Å²) in [5.41, 5.74) is 1.26. The van der Waals surface area contributed by atoms with Gasteiger partial charge in [-0.1, -0.05) is 32.8 Å². The number of rotatable bonds is 6. The van der Waals surface area contributed by atoms with Crippen LogP contribution in [0.2, 0.25) is 0 Å². The van der Waals surface area contributed by atoms with Crippen molar-refractivity contribution < 1.29 is 0 Å². The number of anilines is 1. The smallest absolute Gasteiger partial charge is 0.0352 e. The lowest BCUT2D eigenvalue weighted by Crippen LogP contribution is -2.18. The van der Waals surface area contributed by atoms with E-state index in [9.17, 15) is 0 Å². The van der Waals surface area contributed by atoms with Crippen LogP contribution in [0, 0.1) is 3.57 Å². The van der Waals surface area contributed by atoms with Gasteiger partial charge in [0.25, 0.3) is 0 Å². The monoisotopic (exact) mass is 317 g/mol. The second-order valence-corrected chi connectivity index (χ2v) is 5.17. The Bertz CT molecular complexity index is 280. The Hall–Kier alpha value is -0.250. The van der Waals surface area contributed by atoms with E-state index in [1.165, 1.54) is 34.9 Å². The van der Waals surface area contributed by atoms with Crippen molar-refractivity contribution in [3.63, 3.8) is 0 Å². The molecule has 0 aliphatic rings. The normalized spacial score (nSPS) is 10.7. The Labute approximate surface area is 107 Å². The van der Waals surface area contributed by atoms with Crippen LogP contribution in [-0.4, -0.2) is 6.04 Å². The van der Waals surface area contributed by atoms with Gasteiger partial charge in [-0.3, -0.25) is 0 Å². The summed E-state index contributed by atoms with van der Waals surface area (Å²) in [6, 6.07) is 9.23. The maximum absolute atomic E-state index is 3.62. The van der Waals surface area contributed by atoms with Crippen molar-refractivity contribution >= 4 is 28.3 Å². The fourth-order valence-corrected chi connectivity index (χ4v) is 2.34. The van der Waals surface area contributed by atoms with E-state index in [0.717, 1.165) is 0 Å². The van der Waals surface area contributed by atoms with E-state index in [2.05, 4.69) is 66.0 Å². The van der Waals surface area contributed by atoms with Gasteiger partial charge in [0.1, 0.15) is 0 Å². The van der Waals surface area contributed by atoms with Crippen molar-refractivity contribution in [1.82, 2.24) is 0 Å². The van der Waals surface area contributed by atoms with E-state index in [-0.39, 0.29) is 0 Å². The van der Waals surface area contributed by atoms with Crippen molar-refractivity contribution in [2.24, 2.45) is 0 Å². The van der Waals surface area contributed by atoms with E-state index >= 15 is 0 Å². The van der Waals surface area contributed by atoms with Crippen LogP contribution in [-0.2, 0) is 0 Å². The molecule has 0 fully saturated rings. The van der Waals surface area contributed by atoms with Crippen LogP contribution in [0.25, 0.3) is 0 Å². The first-order valence-corrected chi connectivity index (χ1v) is 6.86. The first-order chi connectivity index (χ1) is 7.26. The van der Waals surface area contributed by atoms with E-state index in [1.807, 2.05) is 0 Å². The summed E-state index contributed by atoms with van der Waals surface area (Å²) in [5.74, 6) is 0. The predicted octanol–water partition coefficient (Wildman–Crippen LogP) is 4.67. The first-order valence-electron chi connectivity index (χ1n) is 5.78. The van der Waals surface area contributed by atoms with E-state index < -0.39 is 0 Å². The molecule has 0 saturated heterocycles. The minimum atomic E-state index is 0.637. The third-order valence-electron chi connectivity index (χ3n) is 2.47. The summed E-state index contributed by atoms with van der Waals surface area (Å²) >= 11 is 2.35. The van der Waals surface area contributed by atoms with Crippen molar-refractivity contribution in [2.75, 3.05) is 5.32 Å². The first kappa shape index (κ1) is 12.8. The molecule has 1 nitrogen and oxygen atoms in total. The Morgan fingerprint density at radius 2 is 1.87 bits per heavy atom. The van der Waals surface area contributed by atoms with Crippen LogP contribution >= 0.6 is 22.6 Å². The van der Waals surface area contributed by atoms with Gasteiger partial charge in [-0.25, -0.2) is 0 Å². The predicted molar refractivity (Wildman–Crippen MR) is 76.4 cm³/mol. The molecule has 0 spiro atoms. The zero-order chi connectivity index (χ0) is 11.1. The third-order valence-corrected chi connectivity index (χ3v) is 3.14. The molecule has 0 heterocycles. The molecule has 0 aliphatic carbocycles. The maximum atomic E-state index is 3.62. The minimum Gasteiger partial charge on any atom is -0.382 e. The van der Waals surface area contributed by atoms with Gasteiger partial charge < -0.3 is 5.32 Å². The van der Waals surface area contributed by atoms with E-state index in [1.54, 1.807) is 0 Å². The molecule has 0 radical (unpaired) electrons. The fraction of sp³-hybridized carbons (Fsp3) is 0.538. The van der Waals surface area contributed by atoms with Gasteiger partial charge in [-0.15, -0.1) is 0 Å². The summed E-state index contributed by atoms with van der Waals surface area (Å²) in [6.45, 7) is 4.50. The SMILES string of the molecule is CCCC(CCC)Nc1cccc(I)c1. The lowest BCUT2D eigenvalue weighted by atomic mass is 10.1. The van der Waals surface area contributed by atoms with Crippen molar-refractivity contribution in [1.29, 1.82) is 0 Å². The Morgan fingerprint density at radius 1 is 1.20 bits per heavy atom. The molecule has 2 heteroatoms. The molecule has 0 unspecified atom stereocenters. The average Bonchev–Trinajstić information content (AvgIpc) is 2.18. The molecule has 1 aromatic rings. The van der Waals surface area contributed by atoms with Gasteiger partial charge in [0.2, 0.25) is 0 Å². The lowest BCUT2D eigenvalue weighted by Gasteiger charge is -2.18. The molecular weight excluding hydrogens is 297 g/mol. The highest BCUT2D eigenvalue weighted by molar-refractivity contribution is 14.1. The van der Waals surface area contributed by atoms with Crippen LogP contribution < -0.4 is 5.32 Å². The topological polar surface area (TPSA) is 12.0 Å². The second kappa shape index (κ2) is 7.09. The molecule has 84 valence electrons.